The number of aromatic nitrogens is 4. The molecule has 1 N–H and O–H groups in total. The SMILES string of the molecule is Fc1ccc(-n2cnnc2)cc1NCc1cnc(Cl)s1. The number of thiazole rings is 1. The summed E-state index contributed by atoms with van der Waals surface area (Å²) in [5, 5.41) is 10.5. The molecule has 1 aromatic carbocycles. The Kier molecular flexibility index (Phi) is 3.62. The Morgan fingerprint density at radius 2 is 2.10 bits per heavy atom. The number of nitrogens with one attached hydrogen (secondary N) is 1. The van der Waals surface area contributed by atoms with Gasteiger partial charge in [0.25, 0.3) is 0 Å². The van der Waals surface area contributed by atoms with Crippen LogP contribution < -0.4 is 5.32 Å². The molecule has 0 atom stereocenters. The van der Waals surface area contributed by atoms with Crippen LogP contribution in [0.4, 0.5) is 10.1 Å². The van der Waals surface area contributed by atoms with Gasteiger partial charge in [0, 0.05) is 11.1 Å². The molecule has 3 rings (SSSR count). The first kappa shape index (κ1) is 13.0. The largest absolute Gasteiger partial charge is 0.378 e. The molecule has 2 heterocycles. The van der Waals surface area contributed by atoms with E-state index in [1.54, 1.807) is 35.6 Å². The lowest BCUT2D eigenvalue weighted by atomic mass is 10.2. The molecule has 0 unspecified atom stereocenters. The Hall–Kier alpha value is -1.99. The van der Waals surface area contributed by atoms with E-state index in [1.807, 2.05) is 0 Å². The van der Waals surface area contributed by atoms with Crippen LogP contribution in [0.25, 0.3) is 5.69 Å². The lowest BCUT2D eigenvalue weighted by molar-refractivity contribution is 0.629. The zero-order valence-electron chi connectivity index (χ0n) is 10.1. The van der Waals surface area contributed by atoms with Gasteiger partial charge in [-0.3, -0.25) is 4.57 Å². The molecule has 0 amide bonds. The molecule has 0 saturated carbocycles. The highest BCUT2D eigenvalue weighted by molar-refractivity contribution is 7.15. The summed E-state index contributed by atoms with van der Waals surface area (Å²) in [6.45, 7) is 0.465. The highest BCUT2D eigenvalue weighted by Gasteiger charge is 2.06. The second kappa shape index (κ2) is 5.56. The number of nitrogens with zero attached hydrogens (tertiary/aromatic N) is 4. The van der Waals surface area contributed by atoms with Crippen molar-refractivity contribution in [1.82, 2.24) is 19.7 Å². The van der Waals surface area contributed by atoms with E-state index in [0.717, 1.165) is 10.6 Å². The van der Waals surface area contributed by atoms with Crippen LogP contribution in [-0.4, -0.2) is 19.7 Å². The quantitative estimate of drug-likeness (QED) is 0.804. The minimum Gasteiger partial charge on any atom is -0.378 e. The second-order valence-corrected chi connectivity index (χ2v) is 5.66. The highest BCUT2D eigenvalue weighted by atomic mass is 35.5. The van der Waals surface area contributed by atoms with Gasteiger partial charge in [0.2, 0.25) is 0 Å². The van der Waals surface area contributed by atoms with Gasteiger partial charge in [0.15, 0.2) is 4.47 Å². The summed E-state index contributed by atoms with van der Waals surface area (Å²) in [7, 11) is 0. The minimum absolute atomic E-state index is 0.322. The molecule has 5 nitrogen and oxygen atoms in total. The van der Waals surface area contributed by atoms with Crippen molar-refractivity contribution >= 4 is 28.6 Å². The summed E-state index contributed by atoms with van der Waals surface area (Å²) in [5.41, 5.74) is 1.18. The topological polar surface area (TPSA) is 55.6 Å². The molecule has 0 fully saturated rings. The Balaban J connectivity index is 1.80. The summed E-state index contributed by atoms with van der Waals surface area (Å²) in [4.78, 5) is 4.87. The Morgan fingerprint density at radius 3 is 2.80 bits per heavy atom. The average molecular weight is 310 g/mol. The van der Waals surface area contributed by atoms with E-state index in [1.165, 1.54) is 17.4 Å². The number of benzene rings is 1. The van der Waals surface area contributed by atoms with Gasteiger partial charge in [-0.1, -0.05) is 11.6 Å². The zero-order valence-corrected chi connectivity index (χ0v) is 11.7. The van der Waals surface area contributed by atoms with Gasteiger partial charge in [-0.25, -0.2) is 9.37 Å². The number of hydrogen-bond acceptors (Lipinski definition) is 5. The van der Waals surface area contributed by atoms with Gasteiger partial charge in [-0.2, -0.15) is 0 Å². The Bertz CT molecular complexity index is 712. The predicted octanol–water partition coefficient (Wildman–Crippen LogP) is 3.13. The molecule has 3 aromatic rings. The van der Waals surface area contributed by atoms with E-state index >= 15 is 0 Å². The summed E-state index contributed by atoms with van der Waals surface area (Å²) in [5.74, 6) is -0.322. The molecule has 0 aliphatic carbocycles. The number of anilines is 1. The van der Waals surface area contributed by atoms with Crippen LogP contribution in [-0.2, 0) is 6.54 Å². The van der Waals surface area contributed by atoms with Gasteiger partial charge in [-0.05, 0) is 18.2 Å². The van der Waals surface area contributed by atoms with Crippen molar-refractivity contribution in [2.75, 3.05) is 5.32 Å². The third kappa shape index (κ3) is 2.78. The van der Waals surface area contributed by atoms with Crippen LogP contribution in [0.15, 0.2) is 37.1 Å². The van der Waals surface area contributed by atoms with Gasteiger partial charge in [0.1, 0.15) is 18.5 Å². The molecule has 8 heteroatoms. The first-order valence-corrected chi connectivity index (χ1v) is 6.90. The summed E-state index contributed by atoms with van der Waals surface area (Å²) < 4.78 is 16.0. The highest BCUT2D eigenvalue weighted by Crippen LogP contribution is 2.22. The van der Waals surface area contributed by atoms with Crippen molar-refractivity contribution in [3.8, 4) is 5.69 Å². The van der Waals surface area contributed by atoms with E-state index in [-0.39, 0.29) is 5.82 Å². The Labute approximate surface area is 123 Å². The Morgan fingerprint density at radius 1 is 1.30 bits per heavy atom. The molecule has 0 spiro atoms. The fourth-order valence-corrected chi connectivity index (χ4v) is 2.61. The predicted molar refractivity (Wildman–Crippen MR) is 75.8 cm³/mol. The van der Waals surface area contributed by atoms with Crippen molar-refractivity contribution in [1.29, 1.82) is 0 Å². The van der Waals surface area contributed by atoms with E-state index in [0.29, 0.717) is 16.7 Å². The number of rotatable bonds is 4. The van der Waals surface area contributed by atoms with Crippen molar-refractivity contribution in [3.63, 3.8) is 0 Å². The lowest BCUT2D eigenvalue weighted by Crippen LogP contribution is -2.01. The summed E-state index contributed by atoms with van der Waals surface area (Å²) >= 11 is 7.11. The zero-order chi connectivity index (χ0) is 13.9. The van der Waals surface area contributed by atoms with Crippen LogP contribution in [0.1, 0.15) is 4.88 Å². The maximum Gasteiger partial charge on any atom is 0.183 e. The lowest BCUT2D eigenvalue weighted by Gasteiger charge is -2.08. The third-order valence-electron chi connectivity index (χ3n) is 2.65. The standard InChI is InChI=1S/C12H9ClFN5S/c13-12-16-5-9(20-12)4-15-11-3-8(1-2-10(11)14)19-6-17-18-7-19/h1-3,5-7,15H,4H2. The van der Waals surface area contributed by atoms with E-state index in [4.69, 9.17) is 11.6 Å². The maximum atomic E-state index is 13.8. The van der Waals surface area contributed by atoms with Gasteiger partial charge in [-0.15, -0.1) is 21.5 Å². The first-order chi connectivity index (χ1) is 9.72. The van der Waals surface area contributed by atoms with Crippen LogP contribution in [0.2, 0.25) is 4.47 Å². The van der Waals surface area contributed by atoms with E-state index in [9.17, 15) is 4.39 Å². The molecule has 0 aliphatic rings. The first-order valence-electron chi connectivity index (χ1n) is 5.71. The number of halogens is 2. The molecular weight excluding hydrogens is 301 g/mol. The molecule has 0 bridgehead atoms. The van der Waals surface area contributed by atoms with E-state index in [2.05, 4.69) is 20.5 Å². The van der Waals surface area contributed by atoms with Crippen molar-refractivity contribution in [2.45, 2.75) is 6.54 Å². The third-order valence-corrected chi connectivity index (χ3v) is 3.76. The monoisotopic (exact) mass is 309 g/mol. The average Bonchev–Trinajstić information content (AvgIpc) is 3.09. The molecule has 102 valence electrons. The van der Waals surface area contributed by atoms with Crippen molar-refractivity contribution in [2.24, 2.45) is 0 Å². The normalized spacial score (nSPS) is 10.7. The van der Waals surface area contributed by atoms with Crippen LogP contribution in [0.5, 0.6) is 0 Å². The van der Waals surface area contributed by atoms with Crippen LogP contribution in [0, 0.1) is 5.82 Å². The molecule has 2 aromatic heterocycles. The second-order valence-electron chi connectivity index (χ2n) is 3.97. The fourth-order valence-electron chi connectivity index (χ4n) is 1.69. The van der Waals surface area contributed by atoms with E-state index < -0.39 is 0 Å². The summed E-state index contributed by atoms with van der Waals surface area (Å²) in [6, 6.07) is 4.76. The smallest absolute Gasteiger partial charge is 0.183 e. The molecule has 0 saturated heterocycles. The molecule has 0 radical (unpaired) electrons. The molecular formula is C12H9ClFN5S. The fraction of sp³-hybridized carbons (Fsp3) is 0.0833. The van der Waals surface area contributed by atoms with Gasteiger partial charge >= 0.3 is 0 Å². The van der Waals surface area contributed by atoms with Crippen LogP contribution in [0.3, 0.4) is 0 Å². The molecule has 20 heavy (non-hydrogen) atoms. The van der Waals surface area contributed by atoms with Crippen molar-refractivity contribution in [3.05, 3.63) is 52.2 Å². The molecule has 0 aliphatic heterocycles. The maximum absolute atomic E-state index is 13.8. The number of hydrogen-bond donors (Lipinski definition) is 1. The van der Waals surface area contributed by atoms with Gasteiger partial charge < -0.3 is 5.32 Å². The van der Waals surface area contributed by atoms with Gasteiger partial charge in [0.05, 0.1) is 17.9 Å². The summed E-state index contributed by atoms with van der Waals surface area (Å²) in [6.07, 6.45) is 4.78. The van der Waals surface area contributed by atoms with Crippen molar-refractivity contribution < 1.29 is 4.39 Å². The minimum atomic E-state index is -0.322. The van der Waals surface area contributed by atoms with Crippen LogP contribution >= 0.6 is 22.9 Å².